The van der Waals surface area contributed by atoms with Crippen molar-refractivity contribution in [2.45, 2.75) is 32.4 Å². The molecule has 0 radical (unpaired) electrons. The fourth-order valence-electron chi connectivity index (χ4n) is 2.59. The van der Waals surface area contributed by atoms with Crippen molar-refractivity contribution < 1.29 is 5.11 Å². The van der Waals surface area contributed by atoms with Gasteiger partial charge in [-0.1, -0.05) is 19.9 Å². The molecule has 1 unspecified atom stereocenters. The summed E-state index contributed by atoms with van der Waals surface area (Å²) >= 11 is 0. The van der Waals surface area contributed by atoms with E-state index in [4.69, 9.17) is 5.73 Å². The maximum atomic E-state index is 9.63. The second-order valence-electron chi connectivity index (χ2n) is 4.25. The lowest BCUT2D eigenvalue weighted by Crippen LogP contribution is -2.37. The zero-order valence-electron chi connectivity index (χ0n) is 7.04. The van der Waals surface area contributed by atoms with Crippen LogP contribution in [0.15, 0.2) is 11.6 Å². The van der Waals surface area contributed by atoms with Crippen LogP contribution in [0.3, 0.4) is 0 Å². The zero-order chi connectivity index (χ0) is 8.22. The third kappa shape index (κ3) is 0.690. The van der Waals surface area contributed by atoms with Crippen LogP contribution in [0, 0.1) is 11.3 Å². The molecule has 2 rings (SSSR count). The van der Waals surface area contributed by atoms with Crippen LogP contribution in [-0.4, -0.2) is 17.3 Å². The van der Waals surface area contributed by atoms with Crippen molar-refractivity contribution in [2.24, 2.45) is 17.1 Å². The predicted octanol–water partition coefficient (Wildman–Crippen LogP) is 0.661. The molecule has 2 nitrogen and oxygen atoms in total. The normalized spacial score (nSPS) is 46.2. The highest BCUT2D eigenvalue weighted by atomic mass is 16.3. The fraction of sp³-hybridized carbons (Fsp3) is 0.778. The summed E-state index contributed by atoms with van der Waals surface area (Å²) in [6, 6.07) is -0.0231. The molecular weight excluding hydrogens is 138 g/mol. The molecule has 11 heavy (non-hydrogen) atoms. The number of hydrogen-bond donors (Lipinski definition) is 2. The zero-order valence-corrected chi connectivity index (χ0v) is 7.04. The molecular formula is C9H15NO. The first kappa shape index (κ1) is 7.32. The summed E-state index contributed by atoms with van der Waals surface area (Å²) in [5.41, 5.74) is 7.16. The smallest absolute Gasteiger partial charge is 0.0909 e. The second-order valence-corrected chi connectivity index (χ2v) is 4.25. The number of nitrogens with two attached hydrogens (primary N) is 1. The van der Waals surface area contributed by atoms with Gasteiger partial charge in [-0.25, -0.2) is 0 Å². The van der Waals surface area contributed by atoms with Gasteiger partial charge in [0.25, 0.3) is 0 Å². The molecule has 2 bridgehead atoms. The molecule has 0 aromatic heterocycles. The maximum Gasteiger partial charge on any atom is 0.0909 e. The summed E-state index contributed by atoms with van der Waals surface area (Å²) in [5.74, 6) is 0.465. The van der Waals surface area contributed by atoms with Gasteiger partial charge in [-0.2, -0.15) is 0 Å². The van der Waals surface area contributed by atoms with Crippen molar-refractivity contribution in [1.29, 1.82) is 0 Å². The van der Waals surface area contributed by atoms with Gasteiger partial charge < -0.3 is 10.8 Å². The topological polar surface area (TPSA) is 46.2 Å². The average molecular weight is 153 g/mol. The van der Waals surface area contributed by atoms with Crippen LogP contribution in [0.4, 0.5) is 0 Å². The first-order chi connectivity index (χ1) is 5.05. The summed E-state index contributed by atoms with van der Waals surface area (Å²) in [6.07, 6.45) is 2.84. The molecule has 3 atom stereocenters. The second kappa shape index (κ2) is 1.87. The molecule has 0 aromatic rings. The molecule has 2 aliphatic carbocycles. The summed E-state index contributed by atoms with van der Waals surface area (Å²) in [4.78, 5) is 0. The summed E-state index contributed by atoms with van der Waals surface area (Å²) in [6.45, 7) is 4.35. The van der Waals surface area contributed by atoms with E-state index in [0.717, 1.165) is 12.0 Å². The molecule has 2 aliphatic rings. The SMILES string of the molecule is CC1(C)C2=CCC1[C@@H](N)[C@H]2O. The Hall–Kier alpha value is -0.340. The van der Waals surface area contributed by atoms with E-state index in [1.165, 1.54) is 0 Å². The van der Waals surface area contributed by atoms with Gasteiger partial charge in [0.2, 0.25) is 0 Å². The van der Waals surface area contributed by atoms with E-state index in [2.05, 4.69) is 19.9 Å². The van der Waals surface area contributed by atoms with Crippen LogP contribution in [0.25, 0.3) is 0 Å². The quantitative estimate of drug-likeness (QED) is 0.502. The van der Waals surface area contributed by atoms with Crippen LogP contribution < -0.4 is 5.73 Å². The highest BCUT2D eigenvalue weighted by molar-refractivity contribution is 5.33. The molecule has 0 spiro atoms. The molecule has 62 valence electrons. The van der Waals surface area contributed by atoms with E-state index < -0.39 is 0 Å². The van der Waals surface area contributed by atoms with Crippen molar-refractivity contribution in [3.8, 4) is 0 Å². The Morgan fingerprint density at radius 1 is 1.64 bits per heavy atom. The van der Waals surface area contributed by atoms with Gasteiger partial charge in [0.1, 0.15) is 0 Å². The van der Waals surface area contributed by atoms with Crippen LogP contribution in [-0.2, 0) is 0 Å². The Balaban J connectivity index is 2.42. The third-order valence-electron chi connectivity index (χ3n) is 3.41. The minimum Gasteiger partial charge on any atom is -0.387 e. The number of aliphatic hydroxyl groups excluding tert-OH is 1. The number of allylic oxidation sites excluding steroid dienone is 1. The van der Waals surface area contributed by atoms with E-state index in [1.54, 1.807) is 0 Å². The predicted molar refractivity (Wildman–Crippen MR) is 44.0 cm³/mol. The summed E-state index contributed by atoms with van der Waals surface area (Å²) in [5, 5.41) is 9.63. The van der Waals surface area contributed by atoms with Crippen molar-refractivity contribution in [2.75, 3.05) is 0 Å². The fourth-order valence-corrected chi connectivity index (χ4v) is 2.59. The maximum absolute atomic E-state index is 9.63. The van der Waals surface area contributed by atoms with Crippen molar-refractivity contribution in [3.63, 3.8) is 0 Å². The number of aliphatic hydroxyl groups is 1. The Morgan fingerprint density at radius 2 is 2.27 bits per heavy atom. The van der Waals surface area contributed by atoms with Crippen molar-refractivity contribution >= 4 is 0 Å². The van der Waals surface area contributed by atoms with Gasteiger partial charge >= 0.3 is 0 Å². The first-order valence-electron chi connectivity index (χ1n) is 4.19. The monoisotopic (exact) mass is 153 g/mol. The summed E-state index contributed by atoms with van der Waals surface area (Å²) < 4.78 is 0. The van der Waals surface area contributed by atoms with Gasteiger partial charge in [-0.15, -0.1) is 0 Å². The Labute approximate surface area is 67.1 Å². The van der Waals surface area contributed by atoms with Crippen LogP contribution >= 0.6 is 0 Å². The first-order valence-corrected chi connectivity index (χ1v) is 4.19. The number of fused-ring (bicyclic) bond motifs is 2. The van der Waals surface area contributed by atoms with E-state index in [0.29, 0.717) is 5.92 Å². The molecule has 0 amide bonds. The van der Waals surface area contributed by atoms with Crippen molar-refractivity contribution in [3.05, 3.63) is 11.6 Å². The van der Waals surface area contributed by atoms with Gasteiger partial charge in [-0.3, -0.25) is 0 Å². The van der Waals surface area contributed by atoms with Crippen LogP contribution in [0.1, 0.15) is 20.3 Å². The van der Waals surface area contributed by atoms with Gasteiger partial charge in [0.05, 0.1) is 6.10 Å². The Kier molecular flexibility index (Phi) is 1.25. The summed E-state index contributed by atoms with van der Waals surface area (Å²) in [7, 11) is 0. The van der Waals surface area contributed by atoms with Crippen molar-refractivity contribution in [1.82, 2.24) is 0 Å². The highest BCUT2D eigenvalue weighted by Crippen LogP contribution is 2.53. The van der Waals surface area contributed by atoms with Gasteiger partial charge in [0.15, 0.2) is 0 Å². The number of rotatable bonds is 0. The van der Waals surface area contributed by atoms with E-state index >= 15 is 0 Å². The lowest BCUT2D eigenvalue weighted by atomic mass is 9.82. The van der Waals surface area contributed by atoms with E-state index in [9.17, 15) is 5.11 Å². The lowest BCUT2D eigenvalue weighted by Gasteiger charge is -2.23. The number of hydrogen-bond acceptors (Lipinski definition) is 2. The standard InChI is InChI=1S/C9H15NO/c1-9(2)5-3-4-6(9)8(11)7(5)10/h4-5,7-8,11H,3,10H2,1-2H3/t5?,7-,8+/m1/s1. The largest absolute Gasteiger partial charge is 0.387 e. The molecule has 2 heteroatoms. The van der Waals surface area contributed by atoms with E-state index in [1.807, 2.05) is 0 Å². The molecule has 0 saturated heterocycles. The highest BCUT2D eigenvalue weighted by Gasteiger charge is 2.52. The van der Waals surface area contributed by atoms with Crippen LogP contribution in [0.2, 0.25) is 0 Å². The third-order valence-corrected chi connectivity index (χ3v) is 3.41. The minimum atomic E-state index is -0.372. The lowest BCUT2D eigenvalue weighted by molar-refractivity contribution is 0.175. The van der Waals surface area contributed by atoms with Gasteiger partial charge in [0, 0.05) is 6.04 Å². The average Bonchev–Trinajstić information content (AvgIpc) is 2.27. The van der Waals surface area contributed by atoms with Gasteiger partial charge in [-0.05, 0) is 23.3 Å². The van der Waals surface area contributed by atoms with Crippen LogP contribution in [0.5, 0.6) is 0 Å². The minimum absolute atomic E-state index is 0.0231. The molecule has 1 fully saturated rings. The molecule has 0 aliphatic heterocycles. The molecule has 3 N–H and O–H groups in total. The Bertz CT molecular complexity index is 220. The van der Waals surface area contributed by atoms with E-state index in [-0.39, 0.29) is 17.6 Å². The molecule has 0 aromatic carbocycles. The Morgan fingerprint density at radius 3 is 2.55 bits per heavy atom. The molecule has 1 saturated carbocycles. The molecule has 0 heterocycles.